The number of halogens is 1. The minimum Gasteiger partial charge on any atom is -0.459 e. The highest BCUT2D eigenvalue weighted by atomic mass is 35.5. The van der Waals surface area contributed by atoms with Gasteiger partial charge in [0.1, 0.15) is 6.61 Å². The van der Waals surface area contributed by atoms with Crippen molar-refractivity contribution in [2.24, 2.45) is 5.92 Å². The number of aromatic nitrogens is 2. The molecule has 0 unspecified atom stereocenters. The number of fused-ring (bicyclic) bond motifs is 1. The van der Waals surface area contributed by atoms with Gasteiger partial charge in [-0.1, -0.05) is 11.6 Å². The number of sulfonamides is 1. The number of carbonyl (C=O) groups is 1. The Hall–Kier alpha value is -2.27. The summed E-state index contributed by atoms with van der Waals surface area (Å²) in [6.07, 6.45) is 2.37. The predicted octanol–water partition coefficient (Wildman–Crippen LogP) is 2.55. The van der Waals surface area contributed by atoms with Gasteiger partial charge in [0.15, 0.2) is 4.96 Å². The highest BCUT2D eigenvalue weighted by molar-refractivity contribution is 7.89. The number of thiazole rings is 1. The molecule has 0 atom stereocenters. The van der Waals surface area contributed by atoms with E-state index in [1.165, 1.54) is 50.4 Å². The molecule has 11 heteroatoms. The molecule has 1 aliphatic heterocycles. The van der Waals surface area contributed by atoms with Crippen molar-refractivity contribution in [3.05, 3.63) is 63.0 Å². The van der Waals surface area contributed by atoms with E-state index in [9.17, 15) is 18.0 Å². The summed E-state index contributed by atoms with van der Waals surface area (Å²) in [6.45, 7) is 0.364. The maximum atomic E-state index is 12.7. The number of nitrogens with zero attached hydrogens (tertiary/aromatic N) is 3. The third-order valence-electron chi connectivity index (χ3n) is 4.96. The number of esters is 1. The van der Waals surface area contributed by atoms with Gasteiger partial charge in [0, 0.05) is 35.8 Å². The van der Waals surface area contributed by atoms with Crippen LogP contribution in [0.4, 0.5) is 0 Å². The minimum absolute atomic E-state index is 0.0915. The Bertz CT molecular complexity index is 1230. The van der Waals surface area contributed by atoms with Gasteiger partial charge < -0.3 is 4.74 Å². The Morgan fingerprint density at radius 2 is 1.93 bits per heavy atom. The maximum Gasteiger partial charge on any atom is 0.309 e. The van der Waals surface area contributed by atoms with E-state index in [0.717, 1.165) is 0 Å². The molecule has 158 valence electrons. The summed E-state index contributed by atoms with van der Waals surface area (Å²) in [5, 5.41) is 2.22. The number of hydrogen-bond donors (Lipinski definition) is 0. The molecule has 1 aliphatic rings. The molecule has 2 aromatic heterocycles. The maximum absolute atomic E-state index is 12.7. The summed E-state index contributed by atoms with van der Waals surface area (Å²) in [4.78, 5) is 29.4. The van der Waals surface area contributed by atoms with Gasteiger partial charge in [0.2, 0.25) is 10.0 Å². The van der Waals surface area contributed by atoms with Crippen LogP contribution in [0.2, 0.25) is 5.02 Å². The Kier molecular flexibility index (Phi) is 5.92. The lowest BCUT2D eigenvalue weighted by Crippen LogP contribution is -2.40. The number of piperidine rings is 1. The second-order valence-electron chi connectivity index (χ2n) is 6.88. The van der Waals surface area contributed by atoms with E-state index in [1.54, 1.807) is 11.6 Å². The smallest absolute Gasteiger partial charge is 0.309 e. The third-order valence-corrected chi connectivity index (χ3v) is 7.88. The van der Waals surface area contributed by atoms with Crippen LogP contribution < -0.4 is 5.56 Å². The first-order chi connectivity index (χ1) is 14.3. The van der Waals surface area contributed by atoms with Gasteiger partial charge in [-0.15, -0.1) is 11.3 Å². The van der Waals surface area contributed by atoms with Crippen molar-refractivity contribution in [3.8, 4) is 0 Å². The van der Waals surface area contributed by atoms with Crippen LogP contribution in [0.15, 0.2) is 51.6 Å². The monoisotopic (exact) mass is 467 g/mol. The Balaban J connectivity index is 1.34. The van der Waals surface area contributed by atoms with Gasteiger partial charge in [-0.05, 0) is 37.1 Å². The van der Waals surface area contributed by atoms with Gasteiger partial charge in [-0.25, -0.2) is 13.4 Å². The van der Waals surface area contributed by atoms with E-state index in [2.05, 4.69) is 4.98 Å². The fraction of sp³-hybridized carbons (Fsp3) is 0.316. The molecule has 8 nitrogen and oxygen atoms in total. The molecular formula is C19H18ClN3O5S2. The molecule has 1 fully saturated rings. The van der Waals surface area contributed by atoms with Crippen molar-refractivity contribution < 1.29 is 17.9 Å². The lowest BCUT2D eigenvalue weighted by Gasteiger charge is -2.30. The average Bonchev–Trinajstić information content (AvgIpc) is 3.22. The summed E-state index contributed by atoms with van der Waals surface area (Å²) < 4.78 is 33.6. The Labute approximate surface area is 181 Å². The largest absolute Gasteiger partial charge is 0.459 e. The Morgan fingerprint density at radius 3 is 2.63 bits per heavy atom. The van der Waals surface area contributed by atoms with Crippen LogP contribution >= 0.6 is 22.9 Å². The van der Waals surface area contributed by atoms with Crippen LogP contribution in [0, 0.1) is 5.92 Å². The minimum atomic E-state index is -3.63. The van der Waals surface area contributed by atoms with Crippen LogP contribution in [-0.4, -0.2) is 41.2 Å². The molecule has 0 bridgehead atoms. The molecule has 0 N–H and O–H groups in total. The van der Waals surface area contributed by atoms with Crippen molar-refractivity contribution >= 4 is 43.9 Å². The van der Waals surface area contributed by atoms with E-state index in [-0.39, 0.29) is 30.2 Å². The number of rotatable bonds is 5. The van der Waals surface area contributed by atoms with Crippen LogP contribution in [0.1, 0.15) is 18.5 Å². The third kappa shape index (κ3) is 4.27. The normalized spacial score (nSPS) is 16.0. The molecule has 0 aliphatic carbocycles. The zero-order chi connectivity index (χ0) is 21.3. The van der Waals surface area contributed by atoms with E-state index < -0.39 is 21.9 Å². The number of benzene rings is 1. The second kappa shape index (κ2) is 8.46. The first-order valence-corrected chi connectivity index (χ1v) is 11.9. The molecule has 0 saturated carbocycles. The highest BCUT2D eigenvalue weighted by Crippen LogP contribution is 2.25. The zero-order valence-corrected chi connectivity index (χ0v) is 18.1. The second-order valence-corrected chi connectivity index (χ2v) is 10.1. The average molecular weight is 468 g/mol. The number of ether oxygens (including phenoxy) is 1. The van der Waals surface area contributed by atoms with E-state index in [1.807, 2.05) is 0 Å². The van der Waals surface area contributed by atoms with Crippen molar-refractivity contribution in [2.45, 2.75) is 24.3 Å². The quantitative estimate of drug-likeness (QED) is 0.535. The van der Waals surface area contributed by atoms with Crippen LogP contribution in [-0.2, 0) is 26.2 Å². The zero-order valence-electron chi connectivity index (χ0n) is 15.7. The van der Waals surface area contributed by atoms with Gasteiger partial charge in [0.05, 0.1) is 16.5 Å². The molecule has 0 radical (unpaired) electrons. The molecule has 30 heavy (non-hydrogen) atoms. The molecule has 0 spiro atoms. The number of carbonyl (C=O) groups excluding carboxylic acids is 1. The molecular weight excluding hydrogens is 450 g/mol. The molecule has 1 saturated heterocycles. The van der Waals surface area contributed by atoms with E-state index >= 15 is 0 Å². The topological polar surface area (TPSA) is 98.1 Å². The molecule has 3 heterocycles. The molecule has 4 rings (SSSR count). The first kappa shape index (κ1) is 21.0. The van der Waals surface area contributed by atoms with E-state index in [0.29, 0.717) is 28.5 Å². The Morgan fingerprint density at radius 1 is 1.23 bits per heavy atom. The summed E-state index contributed by atoms with van der Waals surface area (Å²) in [7, 11) is -3.63. The predicted molar refractivity (Wildman–Crippen MR) is 112 cm³/mol. The van der Waals surface area contributed by atoms with Crippen LogP contribution in [0.5, 0.6) is 0 Å². The molecule has 3 aromatic rings. The standard InChI is InChI=1S/C19H18ClN3O5S2/c20-14-1-3-16(4-2-14)30(26,27)22-7-5-13(6-8-22)18(25)28-12-15-11-17(24)23-9-10-29-19(23)21-15/h1-4,9-11,13H,5-8,12H2. The van der Waals surface area contributed by atoms with E-state index in [4.69, 9.17) is 16.3 Å². The van der Waals surface area contributed by atoms with Gasteiger partial charge in [-0.3, -0.25) is 14.0 Å². The SMILES string of the molecule is O=C(OCc1cc(=O)n2ccsc2n1)C1CCN(S(=O)(=O)c2ccc(Cl)cc2)CC1. The number of hydrogen-bond acceptors (Lipinski definition) is 7. The van der Waals surface area contributed by atoms with Crippen LogP contribution in [0.3, 0.4) is 0 Å². The lowest BCUT2D eigenvalue weighted by molar-refractivity contribution is -0.151. The van der Waals surface area contributed by atoms with Crippen LogP contribution in [0.25, 0.3) is 4.96 Å². The summed E-state index contributed by atoms with van der Waals surface area (Å²) >= 11 is 7.15. The highest BCUT2D eigenvalue weighted by Gasteiger charge is 2.32. The van der Waals surface area contributed by atoms with Gasteiger partial charge in [0.25, 0.3) is 5.56 Å². The van der Waals surface area contributed by atoms with Crippen molar-refractivity contribution in [2.75, 3.05) is 13.1 Å². The fourth-order valence-corrected chi connectivity index (χ4v) is 5.65. The summed E-state index contributed by atoms with van der Waals surface area (Å²) in [5.74, 6) is -0.806. The summed E-state index contributed by atoms with van der Waals surface area (Å²) in [5.41, 5.74) is 0.159. The molecule has 0 amide bonds. The molecule has 1 aromatic carbocycles. The van der Waals surface area contributed by atoms with Crippen molar-refractivity contribution in [1.29, 1.82) is 0 Å². The van der Waals surface area contributed by atoms with Crippen molar-refractivity contribution in [1.82, 2.24) is 13.7 Å². The van der Waals surface area contributed by atoms with Gasteiger partial charge in [-0.2, -0.15) is 4.31 Å². The fourth-order valence-electron chi connectivity index (χ4n) is 3.31. The summed E-state index contributed by atoms with van der Waals surface area (Å²) in [6, 6.07) is 7.35. The van der Waals surface area contributed by atoms with Gasteiger partial charge >= 0.3 is 5.97 Å². The lowest BCUT2D eigenvalue weighted by atomic mass is 9.98. The first-order valence-electron chi connectivity index (χ1n) is 9.23. The van der Waals surface area contributed by atoms with Crippen molar-refractivity contribution in [3.63, 3.8) is 0 Å².